The molecule has 0 aliphatic carbocycles. The van der Waals surface area contributed by atoms with Crippen molar-refractivity contribution in [1.82, 2.24) is 4.98 Å². The summed E-state index contributed by atoms with van der Waals surface area (Å²) in [6, 6.07) is 6.20. The Morgan fingerprint density at radius 2 is 2.12 bits per heavy atom. The van der Waals surface area contributed by atoms with Crippen LogP contribution in [0.3, 0.4) is 0 Å². The lowest BCUT2D eigenvalue weighted by Gasteiger charge is -2.10. The zero-order chi connectivity index (χ0) is 12.4. The summed E-state index contributed by atoms with van der Waals surface area (Å²) in [6.45, 7) is 1.89. The molecule has 0 bridgehead atoms. The summed E-state index contributed by atoms with van der Waals surface area (Å²) in [5.74, 6) is -0.228. The molecule has 0 amide bonds. The fourth-order valence-electron chi connectivity index (χ4n) is 1.32. The van der Waals surface area contributed by atoms with Crippen molar-refractivity contribution in [2.75, 3.05) is 5.73 Å². The number of nitrogen functional groups attached to an aromatic ring is 1. The smallest absolute Gasteiger partial charge is 0.234 e. The highest BCUT2D eigenvalue weighted by Crippen LogP contribution is 2.34. The molecule has 17 heavy (non-hydrogen) atoms. The Hall–Kier alpha value is -1.62. The zero-order valence-corrected chi connectivity index (χ0v) is 10.7. The van der Waals surface area contributed by atoms with Gasteiger partial charge in [-0.25, -0.2) is 9.37 Å². The van der Waals surface area contributed by atoms with E-state index < -0.39 is 5.82 Å². The second-order valence-electron chi connectivity index (χ2n) is 3.51. The quantitative estimate of drug-likeness (QED) is 0.860. The lowest BCUT2D eigenvalue weighted by Crippen LogP contribution is -1.97. The number of benzene rings is 1. The van der Waals surface area contributed by atoms with Crippen LogP contribution in [0.15, 0.2) is 34.9 Å². The third kappa shape index (κ3) is 2.39. The molecule has 0 fully saturated rings. The van der Waals surface area contributed by atoms with Gasteiger partial charge in [-0.15, -0.1) is 0 Å². The first kappa shape index (κ1) is 11.9. The number of hydrogen-bond donors (Lipinski definition) is 1. The van der Waals surface area contributed by atoms with E-state index >= 15 is 0 Å². The summed E-state index contributed by atoms with van der Waals surface area (Å²) in [4.78, 5) is 4.03. The van der Waals surface area contributed by atoms with Crippen LogP contribution in [0, 0.1) is 12.7 Å². The summed E-state index contributed by atoms with van der Waals surface area (Å²) in [6.07, 6.45) is 1.59. The Balaban J connectivity index is 2.42. The van der Waals surface area contributed by atoms with Crippen LogP contribution in [0.2, 0.25) is 0 Å². The predicted molar refractivity (Wildman–Crippen MR) is 67.6 cm³/mol. The number of aromatic nitrogens is 1. The van der Waals surface area contributed by atoms with Crippen LogP contribution in [0.25, 0.3) is 0 Å². The number of rotatable bonds is 2. The molecular formula is C12H10BrFN2O. The minimum atomic E-state index is -0.514. The van der Waals surface area contributed by atoms with Gasteiger partial charge < -0.3 is 10.5 Å². The molecule has 0 aliphatic heterocycles. The van der Waals surface area contributed by atoms with Gasteiger partial charge in [-0.2, -0.15) is 0 Å². The number of ether oxygens (including phenoxy) is 1. The zero-order valence-electron chi connectivity index (χ0n) is 9.08. The predicted octanol–water partition coefficient (Wildman–Crippen LogP) is 3.67. The summed E-state index contributed by atoms with van der Waals surface area (Å²) in [7, 11) is 0. The maximum atomic E-state index is 13.5. The maximum Gasteiger partial charge on any atom is 0.234 e. The van der Waals surface area contributed by atoms with Gasteiger partial charge >= 0.3 is 0 Å². The van der Waals surface area contributed by atoms with Crippen LogP contribution in [0.1, 0.15) is 5.56 Å². The molecular weight excluding hydrogens is 287 g/mol. The lowest BCUT2D eigenvalue weighted by molar-refractivity contribution is 0.427. The van der Waals surface area contributed by atoms with E-state index in [2.05, 4.69) is 20.9 Å². The van der Waals surface area contributed by atoms with E-state index in [1.165, 1.54) is 12.1 Å². The van der Waals surface area contributed by atoms with Gasteiger partial charge in [0.25, 0.3) is 0 Å². The average Bonchev–Trinajstić information content (AvgIpc) is 2.29. The van der Waals surface area contributed by atoms with Crippen LogP contribution in [-0.4, -0.2) is 4.98 Å². The van der Waals surface area contributed by atoms with Gasteiger partial charge in [0.1, 0.15) is 0 Å². The standard InChI is InChI=1S/C12H10BrFN2O/c1-7-5-6-16-12(10(7)13)17-11-8(14)3-2-4-9(11)15/h2-6H,15H2,1H3. The molecule has 0 spiro atoms. The van der Waals surface area contributed by atoms with Crippen molar-refractivity contribution in [1.29, 1.82) is 0 Å². The van der Waals surface area contributed by atoms with E-state index in [9.17, 15) is 4.39 Å². The number of para-hydroxylation sites is 1. The van der Waals surface area contributed by atoms with Crippen molar-refractivity contribution in [2.45, 2.75) is 6.92 Å². The molecule has 0 saturated heterocycles. The van der Waals surface area contributed by atoms with Gasteiger partial charge in [-0.3, -0.25) is 0 Å². The number of nitrogens with zero attached hydrogens (tertiary/aromatic N) is 1. The van der Waals surface area contributed by atoms with Gasteiger partial charge in [0, 0.05) is 6.20 Å². The highest BCUT2D eigenvalue weighted by molar-refractivity contribution is 9.10. The van der Waals surface area contributed by atoms with Crippen molar-refractivity contribution < 1.29 is 9.13 Å². The van der Waals surface area contributed by atoms with Gasteiger partial charge in [-0.05, 0) is 46.6 Å². The molecule has 0 saturated carbocycles. The third-order valence-corrected chi connectivity index (χ3v) is 3.21. The summed E-state index contributed by atoms with van der Waals surface area (Å²) in [5.41, 5.74) is 6.83. The second-order valence-corrected chi connectivity index (χ2v) is 4.30. The Kier molecular flexibility index (Phi) is 3.28. The number of aryl methyl sites for hydroxylation is 1. The second kappa shape index (κ2) is 4.71. The minimum absolute atomic E-state index is 0.00806. The monoisotopic (exact) mass is 296 g/mol. The summed E-state index contributed by atoms with van der Waals surface area (Å²) >= 11 is 3.34. The highest BCUT2D eigenvalue weighted by Gasteiger charge is 2.12. The number of hydrogen-bond acceptors (Lipinski definition) is 3. The Bertz CT molecular complexity index is 540. The average molecular weight is 297 g/mol. The van der Waals surface area contributed by atoms with E-state index in [0.29, 0.717) is 10.4 Å². The molecule has 1 aromatic heterocycles. The van der Waals surface area contributed by atoms with Crippen LogP contribution in [-0.2, 0) is 0 Å². The van der Waals surface area contributed by atoms with Crippen molar-refractivity contribution in [3.63, 3.8) is 0 Å². The summed E-state index contributed by atoms with van der Waals surface area (Å²) < 4.78 is 19.6. The molecule has 0 unspecified atom stereocenters. The van der Waals surface area contributed by atoms with Gasteiger partial charge in [0.15, 0.2) is 11.6 Å². The molecule has 1 aromatic carbocycles. The number of pyridine rings is 1. The Morgan fingerprint density at radius 3 is 2.82 bits per heavy atom. The molecule has 2 N–H and O–H groups in total. The lowest BCUT2D eigenvalue weighted by atomic mass is 10.3. The number of halogens is 2. The molecule has 2 aromatic rings. The molecule has 0 atom stereocenters. The van der Waals surface area contributed by atoms with Crippen molar-refractivity contribution >= 4 is 21.6 Å². The molecule has 0 radical (unpaired) electrons. The van der Waals surface area contributed by atoms with E-state index in [1.54, 1.807) is 12.3 Å². The van der Waals surface area contributed by atoms with E-state index in [-0.39, 0.29) is 11.4 Å². The van der Waals surface area contributed by atoms with E-state index in [0.717, 1.165) is 5.56 Å². The van der Waals surface area contributed by atoms with Crippen LogP contribution in [0.4, 0.5) is 10.1 Å². The Morgan fingerprint density at radius 1 is 1.35 bits per heavy atom. The first-order chi connectivity index (χ1) is 8.09. The van der Waals surface area contributed by atoms with Crippen LogP contribution >= 0.6 is 15.9 Å². The fraction of sp³-hybridized carbons (Fsp3) is 0.0833. The molecule has 2 rings (SSSR count). The van der Waals surface area contributed by atoms with Crippen molar-refractivity contribution in [2.24, 2.45) is 0 Å². The third-order valence-electron chi connectivity index (χ3n) is 2.25. The first-order valence-corrected chi connectivity index (χ1v) is 5.72. The fourth-order valence-corrected chi connectivity index (χ4v) is 1.63. The van der Waals surface area contributed by atoms with Crippen LogP contribution in [0.5, 0.6) is 11.6 Å². The normalized spacial score (nSPS) is 10.3. The van der Waals surface area contributed by atoms with Crippen LogP contribution < -0.4 is 10.5 Å². The van der Waals surface area contributed by atoms with Crippen molar-refractivity contribution in [3.05, 3.63) is 46.3 Å². The van der Waals surface area contributed by atoms with Crippen molar-refractivity contribution in [3.8, 4) is 11.6 Å². The topological polar surface area (TPSA) is 48.1 Å². The van der Waals surface area contributed by atoms with Gasteiger partial charge in [0.2, 0.25) is 5.88 Å². The van der Waals surface area contributed by atoms with Gasteiger partial charge in [0.05, 0.1) is 10.2 Å². The highest BCUT2D eigenvalue weighted by atomic mass is 79.9. The van der Waals surface area contributed by atoms with E-state index in [4.69, 9.17) is 10.5 Å². The molecule has 5 heteroatoms. The molecule has 1 heterocycles. The minimum Gasteiger partial charge on any atom is -0.433 e. The Labute approximate surface area is 107 Å². The van der Waals surface area contributed by atoms with E-state index in [1.807, 2.05) is 13.0 Å². The maximum absolute atomic E-state index is 13.5. The SMILES string of the molecule is Cc1ccnc(Oc2c(N)cccc2F)c1Br. The largest absolute Gasteiger partial charge is 0.433 e. The van der Waals surface area contributed by atoms with Gasteiger partial charge in [-0.1, -0.05) is 6.07 Å². The summed E-state index contributed by atoms with van der Waals surface area (Å²) in [5, 5.41) is 0. The molecule has 0 aliphatic rings. The molecule has 3 nitrogen and oxygen atoms in total. The number of anilines is 1. The molecule has 88 valence electrons. The number of nitrogens with two attached hydrogens (primary N) is 1. The first-order valence-electron chi connectivity index (χ1n) is 4.92.